The minimum absolute atomic E-state index is 0.849. The zero-order chi connectivity index (χ0) is 21.7. The Morgan fingerprint density at radius 2 is 1.74 bits per heavy atom. The van der Waals surface area contributed by atoms with E-state index >= 15 is 0 Å². The van der Waals surface area contributed by atoms with Crippen molar-refractivity contribution in [3.63, 3.8) is 0 Å². The van der Waals surface area contributed by atoms with Crippen LogP contribution in [0.1, 0.15) is 48.6 Å². The van der Waals surface area contributed by atoms with E-state index in [9.17, 15) is 0 Å². The quantitative estimate of drug-likeness (QED) is 0.340. The van der Waals surface area contributed by atoms with E-state index in [1.165, 1.54) is 57.4 Å². The molecule has 1 aliphatic carbocycles. The molecule has 0 bridgehead atoms. The Morgan fingerprint density at radius 1 is 1.00 bits per heavy atom. The van der Waals surface area contributed by atoms with Gasteiger partial charge in [-0.1, -0.05) is 30.7 Å². The monoisotopic (exact) mass is 411 g/mol. The normalized spacial score (nSPS) is 14.0. The van der Waals surface area contributed by atoms with Crippen molar-refractivity contribution in [2.45, 2.75) is 53.9 Å². The molecule has 1 aliphatic rings. The molecular weight excluding hydrogens is 378 g/mol. The maximum atomic E-state index is 5.14. The van der Waals surface area contributed by atoms with Gasteiger partial charge in [0.1, 0.15) is 0 Å². The zero-order valence-electron chi connectivity index (χ0n) is 19.5. The number of aryl methyl sites for hydroxylation is 4. The average Bonchev–Trinajstić information content (AvgIpc) is 3.48. The Morgan fingerprint density at radius 3 is 2.42 bits per heavy atom. The van der Waals surface area contributed by atoms with Gasteiger partial charge < -0.3 is 9.30 Å². The molecule has 0 spiro atoms. The van der Waals surface area contributed by atoms with Crippen LogP contribution >= 0.6 is 0 Å². The Labute approximate surface area is 185 Å². The molecular formula is C28H33N3. The van der Waals surface area contributed by atoms with Gasteiger partial charge >= 0.3 is 0 Å². The molecule has 160 valence electrons. The highest BCUT2D eigenvalue weighted by atomic mass is 15.1. The van der Waals surface area contributed by atoms with E-state index in [2.05, 4.69) is 86.5 Å². The van der Waals surface area contributed by atoms with Gasteiger partial charge in [-0.15, -0.1) is 0 Å². The van der Waals surface area contributed by atoms with E-state index in [4.69, 9.17) is 4.98 Å². The van der Waals surface area contributed by atoms with Crippen molar-refractivity contribution in [3.05, 3.63) is 65.0 Å². The van der Waals surface area contributed by atoms with E-state index in [1.54, 1.807) is 0 Å². The van der Waals surface area contributed by atoms with E-state index in [-0.39, 0.29) is 0 Å². The Hall–Kier alpha value is -2.81. The fourth-order valence-corrected chi connectivity index (χ4v) is 5.28. The van der Waals surface area contributed by atoms with Crippen LogP contribution in [0.15, 0.2) is 42.6 Å². The fraction of sp³-hybridized carbons (Fsp3) is 0.393. The van der Waals surface area contributed by atoms with Gasteiger partial charge in [0, 0.05) is 30.5 Å². The number of rotatable bonds is 6. The van der Waals surface area contributed by atoms with Gasteiger partial charge in [0.15, 0.2) is 0 Å². The molecule has 0 N–H and O–H groups in total. The molecule has 0 aliphatic heterocycles. The molecule has 1 saturated carbocycles. The lowest BCUT2D eigenvalue weighted by molar-refractivity contribution is 0.709. The van der Waals surface area contributed by atoms with Gasteiger partial charge in [-0.05, 0) is 87.8 Å². The van der Waals surface area contributed by atoms with Crippen LogP contribution in [0.5, 0.6) is 0 Å². The first kappa shape index (κ1) is 20.1. The lowest BCUT2D eigenvalue weighted by Crippen LogP contribution is -2.27. The van der Waals surface area contributed by atoms with Gasteiger partial charge in [0.05, 0.1) is 22.2 Å². The summed E-state index contributed by atoms with van der Waals surface area (Å²) in [5, 5.41) is 0. The third-order valence-corrected chi connectivity index (χ3v) is 6.63. The van der Waals surface area contributed by atoms with Crippen LogP contribution in [-0.2, 0) is 0 Å². The van der Waals surface area contributed by atoms with Gasteiger partial charge in [-0.25, -0.2) is 0 Å². The Kier molecular flexibility index (Phi) is 5.00. The van der Waals surface area contributed by atoms with Gasteiger partial charge in [0.25, 0.3) is 0 Å². The number of aromatic nitrogens is 2. The fourth-order valence-electron chi connectivity index (χ4n) is 5.28. The predicted molar refractivity (Wildman–Crippen MR) is 132 cm³/mol. The second-order valence-electron chi connectivity index (χ2n) is 9.47. The highest BCUT2D eigenvalue weighted by Gasteiger charge is 2.27. The molecule has 3 heteroatoms. The number of benzene rings is 1. The minimum Gasteiger partial charge on any atom is -0.369 e. The summed E-state index contributed by atoms with van der Waals surface area (Å²) in [5.41, 5.74) is 12.6. The summed E-state index contributed by atoms with van der Waals surface area (Å²) >= 11 is 0. The summed E-state index contributed by atoms with van der Waals surface area (Å²) in [7, 11) is 0. The molecule has 1 fully saturated rings. The molecule has 5 rings (SSSR count). The third-order valence-electron chi connectivity index (χ3n) is 6.63. The maximum absolute atomic E-state index is 5.14. The molecule has 0 unspecified atom stereocenters. The number of hydrogen-bond donors (Lipinski definition) is 0. The van der Waals surface area contributed by atoms with Crippen LogP contribution in [0.3, 0.4) is 0 Å². The topological polar surface area (TPSA) is 20.5 Å². The molecule has 0 atom stereocenters. The van der Waals surface area contributed by atoms with E-state index in [0.717, 1.165) is 36.6 Å². The van der Waals surface area contributed by atoms with Crippen LogP contribution < -0.4 is 4.90 Å². The number of anilines is 1. The number of hydrogen-bond acceptors (Lipinski definition) is 2. The largest absolute Gasteiger partial charge is 0.369 e. The number of nitrogens with zero attached hydrogens (tertiary/aromatic N) is 3. The molecule has 0 radical (unpaired) electrons. The van der Waals surface area contributed by atoms with Crippen LogP contribution in [0.4, 0.5) is 5.69 Å². The second-order valence-corrected chi connectivity index (χ2v) is 9.47. The molecule has 0 amide bonds. The third kappa shape index (κ3) is 3.50. The molecule has 3 aromatic heterocycles. The lowest BCUT2D eigenvalue weighted by atomic mass is 9.93. The van der Waals surface area contributed by atoms with E-state index in [1.807, 2.05) is 0 Å². The first-order valence-electron chi connectivity index (χ1n) is 11.7. The summed E-state index contributed by atoms with van der Waals surface area (Å²) in [4.78, 5) is 7.76. The summed E-state index contributed by atoms with van der Waals surface area (Å²) in [6.45, 7) is 13.3. The first-order valence-corrected chi connectivity index (χ1v) is 11.7. The maximum Gasteiger partial charge on any atom is 0.0994 e. The van der Waals surface area contributed by atoms with Gasteiger partial charge in [-0.2, -0.15) is 0 Å². The molecule has 3 heterocycles. The standard InChI is InChI=1S/C28H33N3/c1-6-12-30(17-22-10-11-22)24-16-21(5)29-27-26(23-9-7-8-13-31(23)28(24)27)25-19(3)14-18(2)15-20(25)4/h7-9,13-16,22H,6,10-12,17H2,1-5H3. The van der Waals surface area contributed by atoms with Crippen LogP contribution in [0, 0.1) is 33.6 Å². The summed E-state index contributed by atoms with van der Waals surface area (Å²) in [6, 6.07) is 13.4. The van der Waals surface area contributed by atoms with Crippen molar-refractivity contribution < 1.29 is 0 Å². The van der Waals surface area contributed by atoms with Crippen LogP contribution in [0.25, 0.3) is 27.7 Å². The van der Waals surface area contributed by atoms with E-state index in [0.29, 0.717) is 0 Å². The highest BCUT2D eigenvalue weighted by Crippen LogP contribution is 2.42. The van der Waals surface area contributed by atoms with Crippen molar-refractivity contribution in [1.82, 2.24) is 9.38 Å². The average molecular weight is 412 g/mol. The summed E-state index contributed by atoms with van der Waals surface area (Å²) in [6.07, 6.45) is 6.11. The molecule has 0 saturated heterocycles. The van der Waals surface area contributed by atoms with Crippen molar-refractivity contribution >= 4 is 22.2 Å². The van der Waals surface area contributed by atoms with Crippen molar-refractivity contribution in [2.75, 3.05) is 18.0 Å². The lowest BCUT2D eigenvalue weighted by Gasteiger charge is -2.25. The summed E-state index contributed by atoms with van der Waals surface area (Å²) in [5.74, 6) is 0.849. The van der Waals surface area contributed by atoms with Crippen molar-refractivity contribution in [2.24, 2.45) is 5.92 Å². The van der Waals surface area contributed by atoms with Crippen molar-refractivity contribution in [1.29, 1.82) is 0 Å². The zero-order valence-corrected chi connectivity index (χ0v) is 19.5. The van der Waals surface area contributed by atoms with Crippen molar-refractivity contribution in [3.8, 4) is 11.1 Å². The summed E-state index contributed by atoms with van der Waals surface area (Å²) < 4.78 is 2.38. The Balaban J connectivity index is 1.87. The molecule has 3 nitrogen and oxygen atoms in total. The first-order chi connectivity index (χ1) is 15.0. The highest BCUT2D eigenvalue weighted by molar-refractivity contribution is 6.09. The van der Waals surface area contributed by atoms with Crippen LogP contribution in [0.2, 0.25) is 0 Å². The predicted octanol–water partition coefficient (Wildman–Crippen LogP) is 7.01. The minimum atomic E-state index is 0.849. The molecule has 1 aromatic carbocycles. The Bertz CT molecular complexity index is 1250. The second kappa shape index (κ2) is 7.71. The number of pyridine rings is 2. The van der Waals surface area contributed by atoms with Gasteiger partial charge in [0.2, 0.25) is 0 Å². The molecule has 4 aromatic rings. The SMILES string of the molecule is CCCN(CC1CC1)c1cc(C)nc2c(-c3c(C)cc(C)cc3C)c3ccccn3c12. The number of fused-ring (bicyclic) bond motifs is 3. The van der Waals surface area contributed by atoms with Gasteiger partial charge in [-0.3, -0.25) is 4.98 Å². The van der Waals surface area contributed by atoms with Crippen LogP contribution in [-0.4, -0.2) is 22.5 Å². The van der Waals surface area contributed by atoms with E-state index < -0.39 is 0 Å². The molecule has 31 heavy (non-hydrogen) atoms. The smallest absolute Gasteiger partial charge is 0.0994 e.